The van der Waals surface area contributed by atoms with Crippen LogP contribution in [0.2, 0.25) is 0 Å². The molecule has 3 aliphatic rings. The van der Waals surface area contributed by atoms with Crippen molar-refractivity contribution in [3.63, 3.8) is 0 Å². The Bertz CT molecular complexity index is 750. The number of rotatable bonds is 9. The quantitative estimate of drug-likeness (QED) is 0.364. The summed E-state index contributed by atoms with van der Waals surface area (Å²) in [5, 5.41) is 20.3. The summed E-state index contributed by atoms with van der Waals surface area (Å²) >= 11 is 0. The van der Waals surface area contributed by atoms with E-state index in [0.717, 1.165) is 50.1 Å². The molecular formula is C27H45N2O2+. The fourth-order valence-corrected chi connectivity index (χ4v) is 7.29. The van der Waals surface area contributed by atoms with Crippen molar-refractivity contribution in [3.8, 4) is 0 Å². The van der Waals surface area contributed by atoms with Crippen LogP contribution in [0.5, 0.6) is 0 Å². The second kappa shape index (κ2) is 9.70. The van der Waals surface area contributed by atoms with E-state index < -0.39 is 5.60 Å². The summed E-state index contributed by atoms with van der Waals surface area (Å²) in [7, 11) is 0. The SMILES string of the molecule is CCCC(C)(O)CC1=CCC2C(CCC3(C)C(C(=O)C[NH2+]C(C)=CC(C)=N)CCC23)C1. The maximum atomic E-state index is 13.2. The van der Waals surface area contributed by atoms with Crippen LogP contribution in [0.4, 0.5) is 0 Å². The minimum absolute atomic E-state index is 0.153. The predicted molar refractivity (Wildman–Crippen MR) is 127 cm³/mol. The number of hydrogen-bond acceptors (Lipinski definition) is 3. The van der Waals surface area contributed by atoms with E-state index in [1.807, 2.05) is 25.2 Å². The molecule has 0 bridgehead atoms. The van der Waals surface area contributed by atoms with E-state index >= 15 is 0 Å². The Balaban J connectivity index is 1.64. The minimum Gasteiger partial charge on any atom is -0.390 e. The number of Topliss-reactive ketones (excluding diaryl/α,β-unsaturated/α-hetero) is 1. The van der Waals surface area contributed by atoms with Gasteiger partial charge in [0.2, 0.25) is 0 Å². The first-order valence-corrected chi connectivity index (χ1v) is 12.6. The minimum atomic E-state index is -0.569. The third kappa shape index (κ3) is 5.57. The van der Waals surface area contributed by atoms with Gasteiger partial charge in [-0.2, -0.15) is 0 Å². The molecule has 3 aliphatic carbocycles. The molecular weight excluding hydrogens is 384 g/mol. The van der Waals surface area contributed by atoms with Crippen molar-refractivity contribution in [2.45, 2.75) is 98.0 Å². The Kier molecular flexibility index (Phi) is 7.63. The van der Waals surface area contributed by atoms with Gasteiger partial charge in [0.1, 0.15) is 12.2 Å². The van der Waals surface area contributed by atoms with Crippen LogP contribution in [0.3, 0.4) is 0 Å². The molecule has 4 N–H and O–H groups in total. The number of ketones is 1. The van der Waals surface area contributed by atoms with E-state index in [1.165, 1.54) is 24.8 Å². The van der Waals surface area contributed by atoms with Crippen molar-refractivity contribution in [2.75, 3.05) is 6.54 Å². The van der Waals surface area contributed by atoms with E-state index in [1.54, 1.807) is 6.92 Å². The molecule has 0 aromatic rings. The van der Waals surface area contributed by atoms with E-state index in [-0.39, 0.29) is 11.3 Å². The summed E-state index contributed by atoms with van der Waals surface area (Å²) in [4.78, 5) is 13.2. The average molecular weight is 430 g/mol. The number of allylic oxidation sites excluding steroid dienone is 3. The number of nitrogens with two attached hydrogens (primary N) is 1. The average Bonchev–Trinajstić information content (AvgIpc) is 3.02. The first kappa shape index (κ1) is 24.4. The van der Waals surface area contributed by atoms with Gasteiger partial charge in [0.05, 0.1) is 5.60 Å². The molecule has 4 nitrogen and oxygen atoms in total. The van der Waals surface area contributed by atoms with E-state index in [9.17, 15) is 9.90 Å². The van der Waals surface area contributed by atoms with Gasteiger partial charge in [-0.05, 0) is 88.4 Å². The number of aliphatic hydroxyl groups is 1. The topological polar surface area (TPSA) is 77.8 Å². The molecule has 3 rings (SSSR count). The largest absolute Gasteiger partial charge is 0.390 e. The lowest BCUT2D eigenvalue weighted by Gasteiger charge is -2.50. The molecule has 31 heavy (non-hydrogen) atoms. The van der Waals surface area contributed by atoms with Crippen molar-refractivity contribution in [3.05, 3.63) is 23.4 Å². The second-order valence-electron chi connectivity index (χ2n) is 11.4. The van der Waals surface area contributed by atoms with Gasteiger partial charge in [-0.1, -0.05) is 31.9 Å². The van der Waals surface area contributed by atoms with Crippen LogP contribution in [0.1, 0.15) is 92.4 Å². The zero-order valence-electron chi connectivity index (χ0n) is 20.5. The molecule has 2 fully saturated rings. The summed E-state index contributed by atoms with van der Waals surface area (Å²) in [5.74, 6) is 2.70. The van der Waals surface area contributed by atoms with Gasteiger partial charge in [-0.25, -0.2) is 0 Å². The Labute approximate surface area is 189 Å². The van der Waals surface area contributed by atoms with Gasteiger partial charge < -0.3 is 15.8 Å². The van der Waals surface area contributed by atoms with Crippen LogP contribution in [0.25, 0.3) is 0 Å². The molecule has 174 valence electrons. The highest BCUT2D eigenvalue weighted by Gasteiger charge is 2.56. The van der Waals surface area contributed by atoms with Crippen LogP contribution >= 0.6 is 0 Å². The van der Waals surface area contributed by atoms with Gasteiger partial charge in [0.25, 0.3) is 0 Å². The Morgan fingerprint density at radius 3 is 2.77 bits per heavy atom. The maximum absolute atomic E-state index is 13.2. The fraction of sp³-hybridized carbons (Fsp3) is 0.778. The van der Waals surface area contributed by atoms with Gasteiger partial charge >= 0.3 is 0 Å². The molecule has 0 spiro atoms. The Hall–Kier alpha value is -1.26. The summed E-state index contributed by atoms with van der Waals surface area (Å²) < 4.78 is 0. The Morgan fingerprint density at radius 2 is 2.10 bits per heavy atom. The van der Waals surface area contributed by atoms with Gasteiger partial charge in [0.15, 0.2) is 5.78 Å². The lowest BCUT2D eigenvalue weighted by molar-refractivity contribution is -0.594. The molecule has 0 radical (unpaired) electrons. The molecule has 0 aromatic heterocycles. The van der Waals surface area contributed by atoms with Gasteiger partial charge in [0, 0.05) is 24.6 Å². The Morgan fingerprint density at radius 1 is 1.35 bits per heavy atom. The summed E-state index contributed by atoms with van der Waals surface area (Å²) in [6.07, 6.45) is 13.9. The van der Waals surface area contributed by atoms with Crippen LogP contribution < -0.4 is 5.32 Å². The predicted octanol–water partition coefficient (Wildman–Crippen LogP) is 4.78. The molecule has 0 aromatic carbocycles. The van der Waals surface area contributed by atoms with Crippen molar-refractivity contribution in [1.29, 1.82) is 5.41 Å². The van der Waals surface area contributed by atoms with Crippen LogP contribution in [-0.2, 0) is 4.79 Å². The van der Waals surface area contributed by atoms with E-state index in [0.29, 0.717) is 29.9 Å². The third-order valence-electron chi connectivity index (χ3n) is 8.64. The molecule has 0 amide bonds. The van der Waals surface area contributed by atoms with Crippen molar-refractivity contribution >= 4 is 11.5 Å². The van der Waals surface area contributed by atoms with Crippen LogP contribution in [0, 0.1) is 34.5 Å². The second-order valence-corrected chi connectivity index (χ2v) is 11.4. The fourth-order valence-electron chi connectivity index (χ4n) is 7.29. The summed E-state index contributed by atoms with van der Waals surface area (Å²) in [5.41, 5.74) is 2.61. The van der Waals surface area contributed by atoms with E-state index in [4.69, 9.17) is 5.41 Å². The number of hydrogen-bond donors (Lipinski definition) is 3. The van der Waals surface area contributed by atoms with Gasteiger partial charge in [-0.3, -0.25) is 4.79 Å². The van der Waals surface area contributed by atoms with Crippen molar-refractivity contribution in [1.82, 2.24) is 0 Å². The van der Waals surface area contributed by atoms with Crippen molar-refractivity contribution < 1.29 is 15.2 Å². The molecule has 0 saturated heterocycles. The zero-order chi connectivity index (χ0) is 22.8. The first-order chi connectivity index (χ1) is 14.6. The number of fused-ring (bicyclic) bond motifs is 3. The zero-order valence-corrected chi connectivity index (χ0v) is 20.5. The van der Waals surface area contributed by atoms with Crippen LogP contribution in [-0.4, -0.2) is 28.7 Å². The number of carbonyl (C=O) groups is 1. The van der Waals surface area contributed by atoms with Crippen LogP contribution in [0.15, 0.2) is 23.4 Å². The lowest BCUT2D eigenvalue weighted by Crippen LogP contribution is -2.84. The van der Waals surface area contributed by atoms with Crippen molar-refractivity contribution in [2.24, 2.45) is 29.1 Å². The number of carbonyl (C=O) groups excluding carboxylic acids is 1. The molecule has 6 unspecified atom stereocenters. The molecule has 0 aliphatic heterocycles. The highest BCUT2D eigenvalue weighted by atomic mass is 16.3. The third-order valence-corrected chi connectivity index (χ3v) is 8.64. The molecule has 2 saturated carbocycles. The lowest BCUT2D eigenvalue weighted by atomic mass is 9.54. The molecule has 4 heteroatoms. The smallest absolute Gasteiger partial charge is 0.190 e. The maximum Gasteiger partial charge on any atom is 0.190 e. The number of quaternary nitrogens is 1. The first-order valence-electron chi connectivity index (χ1n) is 12.6. The number of nitrogens with one attached hydrogen (secondary N) is 1. The monoisotopic (exact) mass is 429 g/mol. The molecule has 0 heterocycles. The highest BCUT2D eigenvalue weighted by molar-refractivity contribution is 5.90. The standard InChI is InChI=1S/C27H44N2O2/c1-6-12-26(4,31)16-20-7-8-22-21(15-20)11-13-27(5)23(22)9-10-24(27)25(30)17-29-19(3)14-18(2)28/h7,14,21-24,28-29,31H,6,8-13,15-17H2,1-5H3/p+1. The highest BCUT2D eigenvalue weighted by Crippen LogP contribution is 2.61. The summed E-state index contributed by atoms with van der Waals surface area (Å²) in [6, 6.07) is 0. The molecule has 6 atom stereocenters. The van der Waals surface area contributed by atoms with E-state index in [2.05, 4.69) is 19.9 Å². The summed E-state index contributed by atoms with van der Waals surface area (Å²) in [6.45, 7) is 10.8. The van der Waals surface area contributed by atoms with Gasteiger partial charge in [-0.15, -0.1) is 0 Å². The normalized spacial score (nSPS) is 35.0.